The highest BCUT2D eigenvalue weighted by atomic mass is 35.5. The van der Waals surface area contributed by atoms with Crippen LogP contribution >= 0.6 is 12.4 Å². The summed E-state index contributed by atoms with van der Waals surface area (Å²) in [5.74, 6) is 0.519. The summed E-state index contributed by atoms with van der Waals surface area (Å²) < 4.78 is 39.6. The number of hydrogen-bond donors (Lipinski definition) is 4. The first kappa shape index (κ1) is 43.4. The van der Waals surface area contributed by atoms with Crippen molar-refractivity contribution in [3.05, 3.63) is 95.6 Å². The number of nitrogens with zero attached hydrogens (tertiary/aromatic N) is 10. The summed E-state index contributed by atoms with van der Waals surface area (Å²) in [7, 11) is 3.62. The Kier molecular flexibility index (Phi) is 13.6. The van der Waals surface area contributed by atoms with E-state index in [9.17, 15) is 4.79 Å². The van der Waals surface area contributed by atoms with Crippen LogP contribution in [0.5, 0.6) is 0 Å². The minimum atomic E-state index is -0.604. The lowest BCUT2D eigenvalue weighted by atomic mass is 9.95. The molecule has 19 heteroatoms. The number of alkyl carbamates (subject to hydrolysis) is 1. The van der Waals surface area contributed by atoms with Gasteiger partial charge in [0.05, 0.1) is 40.9 Å². The van der Waals surface area contributed by atoms with E-state index in [1.165, 1.54) is 12.7 Å². The molecule has 2 aliphatic carbocycles. The van der Waals surface area contributed by atoms with Crippen LogP contribution in [0, 0.1) is 11.6 Å². The Labute approximate surface area is 352 Å². The summed E-state index contributed by atoms with van der Waals surface area (Å²) in [5, 5.41) is 17.2. The van der Waals surface area contributed by atoms with Crippen molar-refractivity contribution >= 4 is 41.8 Å². The van der Waals surface area contributed by atoms with E-state index >= 15 is 8.78 Å². The van der Waals surface area contributed by atoms with Crippen LogP contribution in [0.15, 0.2) is 61.7 Å². The van der Waals surface area contributed by atoms with Crippen LogP contribution in [0.2, 0.25) is 0 Å². The number of hydrogen-bond acceptors (Lipinski definition) is 13. The molecule has 316 valence electrons. The number of rotatable bonds is 7. The zero-order chi connectivity index (χ0) is 41.7. The van der Waals surface area contributed by atoms with Gasteiger partial charge in [0.1, 0.15) is 29.9 Å². The van der Waals surface area contributed by atoms with Crippen LogP contribution in [0.3, 0.4) is 0 Å². The second-order valence-corrected chi connectivity index (χ2v) is 15.6. The molecular formula is C41H49ClF2N14O2. The standard InChI is InChI=1S/C23H28FN7O2.C18H20FN7.ClH/c1-23(2,3)33-22(32)29-18-8-6-5-7-16-15(18)9-10-17(19(16)24)20-25-13-26-21(30-20)28-14-11-27-31(4)12-14;1-26-9-11(8-23-26)24-18-22-10-21-17(25-18)14-7-6-12-13(16(14)19)4-2-3-5-15(12)20;/h9-13,18H,5-8H2,1-4H3,(H,29,32)(H,25,26,28,30);6-10,15H,2-5,20H2,1H3,(H,21,22,24,25);1H/t18-;15-;/m11./s1. The minimum absolute atomic E-state index is 0. The molecule has 0 saturated carbocycles. The Morgan fingerprint density at radius 1 is 0.750 bits per heavy atom. The van der Waals surface area contributed by atoms with Crippen molar-refractivity contribution in [3.8, 4) is 22.8 Å². The number of nitrogens with two attached hydrogens (primary N) is 1. The molecule has 0 saturated heterocycles. The summed E-state index contributed by atoms with van der Waals surface area (Å²) >= 11 is 0. The van der Waals surface area contributed by atoms with Crippen LogP contribution in [-0.2, 0) is 31.7 Å². The topological polar surface area (TPSA) is 201 Å². The van der Waals surface area contributed by atoms with Crippen molar-refractivity contribution in [2.75, 3.05) is 10.6 Å². The highest BCUT2D eigenvalue weighted by Gasteiger charge is 2.27. The summed E-state index contributed by atoms with van der Waals surface area (Å²) in [6.07, 6.45) is 15.6. The van der Waals surface area contributed by atoms with E-state index in [0.29, 0.717) is 58.5 Å². The quantitative estimate of drug-likeness (QED) is 0.114. The van der Waals surface area contributed by atoms with E-state index in [4.69, 9.17) is 10.5 Å². The third-order valence-electron chi connectivity index (χ3n) is 9.93. The number of carbonyl (C=O) groups is 1. The van der Waals surface area contributed by atoms with Crippen LogP contribution in [0.25, 0.3) is 22.8 Å². The van der Waals surface area contributed by atoms with Crippen LogP contribution in [-0.4, -0.2) is 61.2 Å². The van der Waals surface area contributed by atoms with E-state index < -0.39 is 11.7 Å². The molecule has 60 heavy (non-hydrogen) atoms. The first-order valence-electron chi connectivity index (χ1n) is 19.6. The van der Waals surface area contributed by atoms with Gasteiger partial charge >= 0.3 is 6.09 Å². The second-order valence-electron chi connectivity index (χ2n) is 15.6. The normalized spacial score (nSPS) is 16.1. The fourth-order valence-corrected chi connectivity index (χ4v) is 7.23. The monoisotopic (exact) mass is 842 g/mol. The van der Waals surface area contributed by atoms with Gasteiger partial charge in [0.2, 0.25) is 11.9 Å². The number of benzene rings is 2. The van der Waals surface area contributed by atoms with E-state index in [1.807, 2.05) is 40.0 Å². The van der Waals surface area contributed by atoms with E-state index in [0.717, 1.165) is 55.3 Å². The number of nitrogens with one attached hydrogen (secondary N) is 3. The number of fused-ring (bicyclic) bond motifs is 2. The van der Waals surface area contributed by atoms with E-state index in [1.54, 1.807) is 53.3 Å². The fraction of sp³-hybridized carbons (Fsp3) is 0.390. The number of ether oxygens (including phenoxy) is 1. The third-order valence-corrected chi connectivity index (χ3v) is 9.93. The summed E-state index contributed by atoms with van der Waals surface area (Å²) in [5.41, 5.74) is 10.6. The number of amides is 1. The highest BCUT2D eigenvalue weighted by molar-refractivity contribution is 5.85. The van der Waals surface area contributed by atoms with Gasteiger partial charge in [-0.1, -0.05) is 25.0 Å². The Bertz CT molecular complexity index is 2430. The number of aryl methyl sites for hydroxylation is 2. The molecule has 0 unspecified atom stereocenters. The number of halogens is 3. The number of carbonyl (C=O) groups excluding carboxylic acids is 1. The van der Waals surface area contributed by atoms with Crippen molar-refractivity contribution in [3.63, 3.8) is 0 Å². The van der Waals surface area contributed by atoms with Gasteiger partial charge in [-0.25, -0.2) is 33.5 Å². The average molecular weight is 843 g/mol. The summed E-state index contributed by atoms with van der Waals surface area (Å²) in [4.78, 5) is 37.7. The molecule has 6 aromatic rings. The van der Waals surface area contributed by atoms with Gasteiger partial charge in [-0.15, -0.1) is 12.4 Å². The summed E-state index contributed by atoms with van der Waals surface area (Å²) in [6, 6.07) is 6.69. The lowest BCUT2D eigenvalue weighted by Gasteiger charge is -2.24. The van der Waals surface area contributed by atoms with Gasteiger partial charge in [-0.3, -0.25) is 9.36 Å². The highest BCUT2D eigenvalue weighted by Crippen LogP contribution is 2.35. The second kappa shape index (κ2) is 18.8. The minimum Gasteiger partial charge on any atom is -0.444 e. The smallest absolute Gasteiger partial charge is 0.408 e. The molecule has 4 heterocycles. The maximum atomic E-state index is 15.7. The predicted molar refractivity (Wildman–Crippen MR) is 225 cm³/mol. The van der Waals surface area contributed by atoms with Crippen molar-refractivity contribution in [1.82, 2.24) is 54.8 Å². The lowest BCUT2D eigenvalue weighted by Crippen LogP contribution is -2.35. The fourth-order valence-electron chi connectivity index (χ4n) is 7.23. The number of aromatic nitrogens is 10. The maximum absolute atomic E-state index is 15.7. The van der Waals surface area contributed by atoms with Gasteiger partial charge in [0, 0.05) is 32.5 Å². The van der Waals surface area contributed by atoms with Gasteiger partial charge in [0.25, 0.3) is 0 Å². The molecule has 4 aromatic heterocycles. The molecule has 0 fully saturated rings. The zero-order valence-corrected chi connectivity index (χ0v) is 34.9. The van der Waals surface area contributed by atoms with Gasteiger partial charge in [-0.2, -0.15) is 20.2 Å². The molecular weight excluding hydrogens is 794 g/mol. The zero-order valence-electron chi connectivity index (χ0n) is 34.1. The van der Waals surface area contributed by atoms with Crippen molar-refractivity contribution in [1.29, 1.82) is 0 Å². The average Bonchev–Trinajstić information content (AvgIpc) is 3.66. The molecule has 2 atom stereocenters. The Hall–Kier alpha value is -6.14. The lowest BCUT2D eigenvalue weighted by molar-refractivity contribution is 0.0500. The Balaban J connectivity index is 0.000000203. The molecule has 2 aliphatic rings. The van der Waals surface area contributed by atoms with Gasteiger partial charge in [-0.05, 0) is 93.7 Å². The van der Waals surface area contributed by atoms with Crippen LogP contribution in [0.1, 0.15) is 93.6 Å². The van der Waals surface area contributed by atoms with E-state index in [2.05, 4.69) is 56.1 Å². The molecule has 0 spiro atoms. The molecule has 2 aromatic carbocycles. The Morgan fingerprint density at radius 2 is 1.25 bits per heavy atom. The SMILES string of the molecule is Cl.Cn1cc(Nc2ncnc(-c3ccc4c(c3F)CCCC[C@H]4N)n2)cn1.Cn1cc(Nc2ncnc(-c3ccc4c(c3F)CCCC[C@H]4NC(=O)OC(C)(C)C)n2)cn1. The molecule has 8 rings (SSSR count). The van der Waals surface area contributed by atoms with E-state index in [-0.39, 0.29) is 41.9 Å². The molecule has 0 aliphatic heterocycles. The predicted octanol–water partition coefficient (Wildman–Crippen LogP) is 7.75. The maximum Gasteiger partial charge on any atom is 0.408 e. The molecule has 0 radical (unpaired) electrons. The van der Waals surface area contributed by atoms with Crippen LogP contribution in [0.4, 0.5) is 36.8 Å². The molecule has 1 amide bonds. The van der Waals surface area contributed by atoms with Crippen LogP contribution < -0.4 is 21.7 Å². The summed E-state index contributed by atoms with van der Waals surface area (Å²) in [6.45, 7) is 5.43. The molecule has 0 bridgehead atoms. The van der Waals surface area contributed by atoms with Gasteiger partial charge in [0.15, 0.2) is 11.6 Å². The largest absolute Gasteiger partial charge is 0.444 e. The van der Waals surface area contributed by atoms with Crippen molar-refractivity contribution in [2.24, 2.45) is 19.8 Å². The first-order valence-corrected chi connectivity index (χ1v) is 19.6. The molecule has 16 nitrogen and oxygen atoms in total. The van der Waals surface area contributed by atoms with Gasteiger partial charge < -0.3 is 26.4 Å². The third kappa shape index (κ3) is 10.5. The molecule has 5 N–H and O–H groups in total. The van der Waals surface area contributed by atoms with Crippen molar-refractivity contribution < 1.29 is 18.3 Å². The number of anilines is 4. The first-order chi connectivity index (χ1) is 28.3. The Morgan fingerprint density at radius 3 is 1.75 bits per heavy atom. The van der Waals surface area contributed by atoms with Crippen molar-refractivity contribution in [2.45, 2.75) is 89.8 Å².